The zero-order valence-electron chi connectivity index (χ0n) is 20.5. The lowest BCUT2D eigenvalue weighted by Gasteiger charge is -2.62. The molecule has 2 aliphatic heterocycles. The number of rotatable bonds is 1. The summed E-state index contributed by atoms with van der Waals surface area (Å²) < 4.78 is 13.2. The van der Waals surface area contributed by atoms with Crippen molar-refractivity contribution in [3.8, 4) is 0 Å². The van der Waals surface area contributed by atoms with E-state index in [4.69, 9.17) is 9.47 Å². The molecule has 4 N–H and O–H groups in total. The van der Waals surface area contributed by atoms with Crippen LogP contribution in [-0.2, 0) is 9.47 Å². The van der Waals surface area contributed by atoms with Gasteiger partial charge in [-0.05, 0) is 85.4 Å². The van der Waals surface area contributed by atoms with Gasteiger partial charge in [0.1, 0.15) is 0 Å². The zero-order chi connectivity index (χ0) is 23.3. The SMILES string of the molecule is C[C@H]1[C@H]2[C@H](C[C@H]3[C@@H]4C[C@@H](O)[C@H]5C[C@@H](O)[C@H](O)C[C@]5(C)[C@H]4CC[C@]23C)O[C@]12CC[C@@H](CO)CO2. The lowest BCUT2D eigenvalue weighted by molar-refractivity contribution is -0.276. The predicted molar refractivity (Wildman–Crippen MR) is 122 cm³/mol. The Balaban J connectivity index is 1.26. The van der Waals surface area contributed by atoms with Gasteiger partial charge in [0.05, 0.1) is 31.0 Å². The van der Waals surface area contributed by atoms with Gasteiger partial charge in [-0.15, -0.1) is 0 Å². The Morgan fingerprint density at radius 2 is 1.64 bits per heavy atom. The van der Waals surface area contributed by atoms with Gasteiger partial charge in [0.15, 0.2) is 5.79 Å². The number of aliphatic hydroxyl groups excluding tert-OH is 4. The normalized spacial score (nSPS) is 62.5. The highest BCUT2D eigenvalue weighted by Crippen LogP contribution is 2.71. The first-order chi connectivity index (χ1) is 15.6. The van der Waals surface area contributed by atoms with Crippen LogP contribution < -0.4 is 0 Å². The molecule has 1 spiro atoms. The van der Waals surface area contributed by atoms with Crippen molar-refractivity contribution in [1.82, 2.24) is 0 Å². The zero-order valence-corrected chi connectivity index (χ0v) is 20.5. The van der Waals surface area contributed by atoms with Crippen LogP contribution >= 0.6 is 0 Å². The minimum atomic E-state index is -0.708. The maximum Gasteiger partial charge on any atom is 0.171 e. The molecule has 188 valence electrons. The average Bonchev–Trinajstić information content (AvgIpc) is 3.21. The van der Waals surface area contributed by atoms with E-state index in [1.54, 1.807) is 0 Å². The first kappa shape index (κ1) is 23.2. The molecule has 0 radical (unpaired) electrons. The first-order valence-corrected chi connectivity index (χ1v) is 13.6. The summed E-state index contributed by atoms with van der Waals surface area (Å²) in [6.07, 6.45) is 5.54. The standard InChI is InChI=1S/C27H44O6/c1-14-24-23(33-27(14)7-4-15(12-28)13-32-27)10-18-16-8-20(29)19-9-21(30)22(31)11-26(19,3)17(16)5-6-25(18,24)2/h14-24,28-31H,4-13H2,1-3H3/t14-,15-,16+,17-,18-,19+,20+,21+,22+,23-,24-,25-,26+,27+/m0/s1. The van der Waals surface area contributed by atoms with Crippen molar-refractivity contribution < 1.29 is 29.9 Å². The predicted octanol–water partition coefficient (Wildman–Crippen LogP) is 2.71. The van der Waals surface area contributed by atoms with Gasteiger partial charge in [0.2, 0.25) is 0 Å². The van der Waals surface area contributed by atoms with E-state index < -0.39 is 24.1 Å². The van der Waals surface area contributed by atoms with Crippen molar-refractivity contribution in [3.05, 3.63) is 0 Å². The molecule has 0 aromatic rings. The van der Waals surface area contributed by atoms with Crippen LogP contribution in [0, 0.1) is 52.3 Å². The van der Waals surface area contributed by atoms with Crippen LogP contribution in [0.3, 0.4) is 0 Å². The number of ether oxygens (including phenoxy) is 2. The van der Waals surface area contributed by atoms with E-state index in [0.29, 0.717) is 49.0 Å². The molecular weight excluding hydrogens is 420 g/mol. The summed E-state index contributed by atoms with van der Waals surface area (Å²) in [4.78, 5) is 0. The lowest BCUT2D eigenvalue weighted by Crippen LogP contribution is -2.61. The van der Waals surface area contributed by atoms with Gasteiger partial charge in [-0.3, -0.25) is 0 Å². The second-order valence-corrected chi connectivity index (χ2v) is 13.3. The smallest absolute Gasteiger partial charge is 0.171 e. The van der Waals surface area contributed by atoms with Gasteiger partial charge in [-0.1, -0.05) is 20.8 Å². The minimum absolute atomic E-state index is 0.0796. The molecule has 0 aromatic carbocycles. The van der Waals surface area contributed by atoms with Crippen molar-refractivity contribution >= 4 is 0 Å². The van der Waals surface area contributed by atoms with Crippen molar-refractivity contribution in [2.45, 2.75) is 102 Å². The molecule has 0 unspecified atom stereocenters. The highest BCUT2D eigenvalue weighted by atomic mass is 16.7. The fourth-order valence-corrected chi connectivity index (χ4v) is 10.4. The maximum atomic E-state index is 11.3. The van der Waals surface area contributed by atoms with E-state index in [1.165, 1.54) is 6.42 Å². The Labute approximate surface area is 198 Å². The molecule has 6 fully saturated rings. The Morgan fingerprint density at radius 3 is 2.33 bits per heavy atom. The molecule has 0 bridgehead atoms. The first-order valence-electron chi connectivity index (χ1n) is 13.6. The summed E-state index contributed by atoms with van der Waals surface area (Å²) in [7, 11) is 0. The molecule has 0 amide bonds. The Hall–Kier alpha value is -0.240. The second kappa shape index (κ2) is 7.63. The number of aliphatic hydroxyl groups is 4. The number of fused-ring (bicyclic) bond motifs is 7. The van der Waals surface area contributed by atoms with Gasteiger partial charge in [-0.25, -0.2) is 0 Å². The maximum absolute atomic E-state index is 11.3. The number of hydrogen-bond donors (Lipinski definition) is 4. The van der Waals surface area contributed by atoms with E-state index in [2.05, 4.69) is 20.8 Å². The third-order valence-corrected chi connectivity index (χ3v) is 12.1. The second-order valence-electron chi connectivity index (χ2n) is 13.3. The number of hydrogen-bond acceptors (Lipinski definition) is 6. The molecule has 4 saturated carbocycles. The average molecular weight is 465 g/mol. The molecule has 6 aliphatic rings. The third kappa shape index (κ3) is 3.07. The quantitative estimate of drug-likeness (QED) is 0.476. The molecule has 6 heteroatoms. The molecular formula is C27H44O6. The van der Waals surface area contributed by atoms with E-state index in [1.807, 2.05) is 0 Å². The molecule has 2 heterocycles. The molecule has 2 saturated heterocycles. The van der Waals surface area contributed by atoms with Crippen LogP contribution in [0.15, 0.2) is 0 Å². The van der Waals surface area contributed by atoms with Crippen LogP contribution in [0.5, 0.6) is 0 Å². The van der Waals surface area contributed by atoms with E-state index in [9.17, 15) is 20.4 Å². The van der Waals surface area contributed by atoms with Gasteiger partial charge >= 0.3 is 0 Å². The summed E-state index contributed by atoms with van der Waals surface area (Å²) in [6, 6.07) is 0. The van der Waals surface area contributed by atoms with E-state index in [-0.39, 0.29) is 35.4 Å². The van der Waals surface area contributed by atoms with Crippen molar-refractivity contribution in [1.29, 1.82) is 0 Å². The molecule has 6 nitrogen and oxygen atoms in total. The Bertz CT molecular complexity index is 766. The third-order valence-electron chi connectivity index (χ3n) is 12.1. The molecule has 14 atom stereocenters. The highest BCUT2D eigenvalue weighted by molar-refractivity contribution is 5.16. The van der Waals surface area contributed by atoms with Crippen molar-refractivity contribution in [3.63, 3.8) is 0 Å². The van der Waals surface area contributed by atoms with E-state index >= 15 is 0 Å². The fraction of sp³-hybridized carbons (Fsp3) is 1.00. The molecule has 33 heavy (non-hydrogen) atoms. The molecule has 0 aromatic heterocycles. The Morgan fingerprint density at radius 1 is 0.848 bits per heavy atom. The highest BCUT2D eigenvalue weighted by Gasteiger charge is 2.70. The summed E-state index contributed by atoms with van der Waals surface area (Å²) in [5.74, 6) is 2.09. The van der Waals surface area contributed by atoms with Crippen LogP contribution in [0.4, 0.5) is 0 Å². The topological polar surface area (TPSA) is 99.4 Å². The summed E-state index contributed by atoms with van der Waals surface area (Å²) in [5.41, 5.74) is 0.0706. The van der Waals surface area contributed by atoms with Gasteiger partial charge in [-0.2, -0.15) is 0 Å². The van der Waals surface area contributed by atoms with Crippen LogP contribution in [0.25, 0.3) is 0 Å². The summed E-state index contributed by atoms with van der Waals surface area (Å²) >= 11 is 0. The summed E-state index contributed by atoms with van der Waals surface area (Å²) in [5, 5.41) is 41.7. The van der Waals surface area contributed by atoms with Crippen molar-refractivity contribution in [2.24, 2.45) is 52.3 Å². The van der Waals surface area contributed by atoms with Gasteiger partial charge in [0, 0.05) is 24.9 Å². The largest absolute Gasteiger partial charge is 0.396 e. The fourth-order valence-electron chi connectivity index (χ4n) is 10.4. The monoisotopic (exact) mass is 464 g/mol. The Kier molecular flexibility index (Phi) is 5.36. The minimum Gasteiger partial charge on any atom is -0.396 e. The van der Waals surface area contributed by atoms with Gasteiger partial charge < -0.3 is 29.9 Å². The van der Waals surface area contributed by atoms with Crippen LogP contribution in [-0.4, -0.2) is 63.8 Å². The van der Waals surface area contributed by atoms with E-state index in [0.717, 1.165) is 32.1 Å². The molecule has 6 rings (SSSR count). The van der Waals surface area contributed by atoms with Gasteiger partial charge in [0.25, 0.3) is 0 Å². The lowest BCUT2D eigenvalue weighted by atomic mass is 9.43. The van der Waals surface area contributed by atoms with Crippen LogP contribution in [0.1, 0.15) is 72.1 Å². The van der Waals surface area contributed by atoms with Crippen LogP contribution in [0.2, 0.25) is 0 Å². The summed E-state index contributed by atoms with van der Waals surface area (Å²) in [6.45, 7) is 7.87. The van der Waals surface area contributed by atoms with Crippen molar-refractivity contribution in [2.75, 3.05) is 13.2 Å². The molecule has 4 aliphatic carbocycles.